The maximum absolute atomic E-state index is 13.6. The molecule has 28 heavy (non-hydrogen) atoms. The van der Waals surface area contributed by atoms with Crippen molar-refractivity contribution in [3.63, 3.8) is 0 Å². The molecule has 3 aromatic carbocycles. The van der Waals surface area contributed by atoms with E-state index in [9.17, 15) is 9.18 Å². The normalized spacial score (nSPS) is 12.2. The van der Waals surface area contributed by atoms with Gasteiger partial charge in [-0.05, 0) is 55.8 Å². The van der Waals surface area contributed by atoms with Gasteiger partial charge in [-0.3, -0.25) is 0 Å². The second kappa shape index (κ2) is 7.21. The number of rotatable bonds is 4. The summed E-state index contributed by atoms with van der Waals surface area (Å²) in [6, 6.07) is 24.1. The standard InChI is InChI=1S/C24H20FO2S/c1-24(2,19-9-6-10-20(25)16-19)27-23(26)18-8-5-11-21(15-18)28-14-13-17-7-3-4-12-22(17)28/h3-16H,1-2H3/q+1. The lowest BCUT2D eigenvalue weighted by atomic mass is 9.98. The van der Waals surface area contributed by atoms with Crippen molar-refractivity contribution in [1.29, 1.82) is 0 Å². The Morgan fingerprint density at radius 2 is 1.71 bits per heavy atom. The van der Waals surface area contributed by atoms with Gasteiger partial charge in [-0.1, -0.05) is 30.3 Å². The number of thiophene rings is 1. The van der Waals surface area contributed by atoms with Crippen LogP contribution in [0.15, 0.2) is 84.2 Å². The molecule has 0 saturated carbocycles. The van der Waals surface area contributed by atoms with E-state index in [1.807, 2.05) is 30.3 Å². The third-order valence-electron chi connectivity index (χ3n) is 4.73. The molecule has 0 radical (unpaired) electrons. The third-order valence-corrected chi connectivity index (χ3v) is 6.75. The van der Waals surface area contributed by atoms with Gasteiger partial charge < -0.3 is 4.74 Å². The zero-order valence-electron chi connectivity index (χ0n) is 15.7. The van der Waals surface area contributed by atoms with Gasteiger partial charge in [0.15, 0.2) is 9.60 Å². The van der Waals surface area contributed by atoms with Crippen LogP contribution >= 0.6 is 10.5 Å². The van der Waals surface area contributed by atoms with E-state index in [1.165, 1.54) is 22.2 Å². The Balaban J connectivity index is 1.63. The first-order valence-electron chi connectivity index (χ1n) is 9.04. The number of carbonyl (C=O) groups is 1. The van der Waals surface area contributed by atoms with Crippen LogP contribution in [0.4, 0.5) is 4.39 Å². The van der Waals surface area contributed by atoms with E-state index >= 15 is 0 Å². The number of carbonyl (C=O) groups excluding carboxylic acids is 1. The molecule has 0 saturated heterocycles. The van der Waals surface area contributed by atoms with Crippen LogP contribution in [0.25, 0.3) is 15.0 Å². The van der Waals surface area contributed by atoms with Crippen molar-refractivity contribution in [3.05, 3.63) is 101 Å². The Kier molecular flexibility index (Phi) is 4.73. The second-order valence-corrected chi connectivity index (χ2v) is 8.98. The summed E-state index contributed by atoms with van der Waals surface area (Å²) < 4.78 is 20.5. The largest absolute Gasteiger partial charge is 0.451 e. The maximum atomic E-state index is 13.6. The summed E-state index contributed by atoms with van der Waals surface area (Å²) in [5.41, 5.74) is 0.177. The number of fused-ring (bicyclic) bond motifs is 1. The lowest BCUT2D eigenvalue weighted by molar-refractivity contribution is -0.00324. The molecule has 0 fully saturated rings. The smallest absolute Gasteiger partial charge is 0.339 e. The van der Waals surface area contributed by atoms with Crippen LogP contribution in [0, 0.1) is 5.82 Å². The topological polar surface area (TPSA) is 26.3 Å². The molecule has 4 heteroatoms. The first kappa shape index (κ1) is 18.4. The molecule has 0 spiro atoms. The van der Waals surface area contributed by atoms with Crippen LogP contribution in [-0.4, -0.2) is 5.97 Å². The highest BCUT2D eigenvalue weighted by Gasteiger charge is 2.27. The van der Waals surface area contributed by atoms with Gasteiger partial charge in [-0.25, -0.2) is 9.18 Å². The quantitative estimate of drug-likeness (QED) is 0.282. The zero-order valence-corrected chi connectivity index (χ0v) is 16.5. The molecule has 1 atom stereocenters. The summed E-state index contributed by atoms with van der Waals surface area (Å²) in [5, 5.41) is 3.39. The highest BCUT2D eigenvalue weighted by atomic mass is 32.2. The van der Waals surface area contributed by atoms with Crippen molar-refractivity contribution in [2.45, 2.75) is 19.4 Å². The Bertz CT molecular complexity index is 1160. The minimum Gasteiger partial charge on any atom is -0.451 e. The number of benzene rings is 3. The van der Waals surface area contributed by atoms with Gasteiger partial charge in [0, 0.05) is 28.0 Å². The van der Waals surface area contributed by atoms with Crippen LogP contribution < -0.4 is 0 Å². The fourth-order valence-electron chi connectivity index (χ4n) is 3.21. The summed E-state index contributed by atoms with van der Waals surface area (Å²) in [6.45, 7) is 3.53. The summed E-state index contributed by atoms with van der Waals surface area (Å²) in [5.74, 6) is -0.771. The molecule has 0 aliphatic carbocycles. The highest BCUT2D eigenvalue weighted by molar-refractivity contribution is 7.43. The Labute approximate surface area is 166 Å². The van der Waals surface area contributed by atoms with Crippen molar-refractivity contribution in [2.24, 2.45) is 0 Å². The van der Waals surface area contributed by atoms with Crippen molar-refractivity contribution in [1.82, 2.24) is 0 Å². The number of ether oxygens (including phenoxy) is 1. The number of halogens is 1. The second-order valence-electron chi connectivity index (χ2n) is 7.12. The minimum atomic E-state index is -0.933. The van der Waals surface area contributed by atoms with Crippen LogP contribution in [0.3, 0.4) is 0 Å². The molecule has 0 N–H and O–H groups in total. The van der Waals surface area contributed by atoms with Crippen molar-refractivity contribution < 1.29 is 13.9 Å². The monoisotopic (exact) mass is 391 g/mol. The molecule has 1 aromatic heterocycles. The summed E-state index contributed by atoms with van der Waals surface area (Å²) in [7, 11) is -0.193. The van der Waals surface area contributed by atoms with Gasteiger partial charge in [0.05, 0.1) is 5.56 Å². The minimum absolute atomic E-state index is 0.193. The van der Waals surface area contributed by atoms with E-state index in [4.69, 9.17) is 4.74 Å². The van der Waals surface area contributed by atoms with Gasteiger partial charge in [0.2, 0.25) is 0 Å². The maximum Gasteiger partial charge on any atom is 0.339 e. The SMILES string of the molecule is CC(C)(OC(=O)c1cccc(-[s+]2ccc3ccccc32)c1)c1cccc(F)c1. The average Bonchev–Trinajstić information content (AvgIpc) is 3.12. The Morgan fingerprint density at radius 3 is 2.54 bits per heavy atom. The molecular weight excluding hydrogens is 371 g/mol. The molecule has 1 heterocycles. The predicted octanol–water partition coefficient (Wildman–Crippen LogP) is 6.81. The van der Waals surface area contributed by atoms with Gasteiger partial charge >= 0.3 is 5.97 Å². The zero-order chi connectivity index (χ0) is 19.7. The van der Waals surface area contributed by atoms with E-state index in [2.05, 4.69) is 23.6 Å². The molecule has 0 aliphatic heterocycles. The molecular formula is C24H20FO2S+. The van der Waals surface area contributed by atoms with Crippen LogP contribution in [-0.2, 0) is 10.3 Å². The van der Waals surface area contributed by atoms with Crippen molar-refractivity contribution in [2.75, 3.05) is 0 Å². The molecule has 4 aromatic rings. The van der Waals surface area contributed by atoms with Crippen molar-refractivity contribution in [3.8, 4) is 4.90 Å². The summed E-state index contributed by atoms with van der Waals surface area (Å²) in [6.07, 6.45) is 0. The lowest BCUT2D eigenvalue weighted by Gasteiger charge is -2.25. The van der Waals surface area contributed by atoms with E-state index in [1.54, 1.807) is 32.0 Å². The third kappa shape index (κ3) is 3.56. The van der Waals surface area contributed by atoms with E-state index in [-0.39, 0.29) is 16.3 Å². The van der Waals surface area contributed by atoms with Crippen LogP contribution in [0.2, 0.25) is 0 Å². The lowest BCUT2D eigenvalue weighted by Crippen LogP contribution is -2.25. The van der Waals surface area contributed by atoms with Crippen LogP contribution in [0.1, 0.15) is 29.8 Å². The molecule has 4 rings (SSSR count). The molecule has 140 valence electrons. The summed E-state index contributed by atoms with van der Waals surface area (Å²) in [4.78, 5) is 13.9. The molecule has 0 amide bonds. The number of esters is 1. The van der Waals surface area contributed by atoms with Crippen LogP contribution in [0.5, 0.6) is 0 Å². The molecule has 1 unspecified atom stereocenters. The van der Waals surface area contributed by atoms with Crippen molar-refractivity contribution >= 4 is 26.5 Å². The van der Waals surface area contributed by atoms with Gasteiger partial charge in [-0.15, -0.1) is 0 Å². The predicted molar refractivity (Wildman–Crippen MR) is 113 cm³/mol. The number of hydrogen-bond acceptors (Lipinski definition) is 2. The highest BCUT2D eigenvalue weighted by Crippen LogP contribution is 2.40. The van der Waals surface area contributed by atoms with Gasteiger partial charge in [0.1, 0.15) is 16.8 Å². The molecule has 0 bridgehead atoms. The fourth-order valence-corrected chi connectivity index (χ4v) is 5.15. The fraction of sp³-hybridized carbons (Fsp3) is 0.125. The number of hydrogen-bond donors (Lipinski definition) is 0. The summed E-state index contributed by atoms with van der Waals surface area (Å²) >= 11 is 0. The van der Waals surface area contributed by atoms with E-state index in [0.717, 1.165) is 4.90 Å². The Morgan fingerprint density at radius 1 is 0.929 bits per heavy atom. The molecule has 0 aliphatic rings. The van der Waals surface area contributed by atoms with E-state index in [0.29, 0.717) is 11.1 Å². The first-order chi connectivity index (χ1) is 13.4. The van der Waals surface area contributed by atoms with Gasteiger partial charge in [-0.2, -0.15) is 0 Å². The van der Waals surface area contributed by atoms with E-state index < -0.39 is 11.6 Å². The average molecular weight is 391 g/mol. The molecule has 2 nitrogen and oxygen atoms in total. The van der Waals surface area contributed by atoms with Gasteiger partial charge in [0.25, 0.3) is 0 Å². The Hall–Kier alpha value is -2.98. The first-order valence-corrected chi connectivity index (χ1v) is 10.3.